The molecule has 0 radical (unpaired) electrons. The number of aryl methyl sites for hydroxylation is 2. The van der Waals surface area contributed by atoms with E-state index >= 15 is 0 Å². The minimum atomic E-state index is -0.115. The van der Waals surface area contributed by atoms with Crippen LogP contribution in [0.3, 0.4) is 0 Å². The number of anilines is 1. The van der Waals surface area contributed by atoms with Gasteiger partial charge in [-0.1, -0.05) is 23.4 Å². The molecule has 0 bridgehead atoms. The van der Waals surface area contributed by atoms with E-state index in [0.717, 1.165) is 22.2 Å². The monoisotopic (exact) mass is 380 g/mol. The van der Waals surface area contributed by atoms with Gasteiger partial charge in [0, 0.05) is 41.7 Å². The second-order valence-electron chi connectivity index (χ2n) is 7.42. The van der Waals surface area contributed by atoms with Crippen molar-refractivity contribution in [1.29, 1.82) is 0 Å². The predicted octanol–water partition coefficient (Wildman–Crippen LogP) is 3.19. The molecule has 0 atom stereocenters. The van der Waals surface area contributed by atoms with Gasteiger partial charge in [-0.2, -0.15) is 0 Å². The van der Waals surface area contributed by atoms with Gasteiger partial charge in [0.15, 0.2) is 5.82 Å². The number of H-pyrrole nitrogens is 1. The summed E-state index contributed by atoms with van der Waals surface area (Å²) >= 11 is 0. The van der Waals surface area contributed by atoms with Gasteiger partial charge in [0.25, 0.3) is 0 Å². The number of nitrogens with zero attached hydrogens (tertiary/aromatic N) is 2. The summed E-state index contributed by atoms with van der Waals surface area (Å²) in [6, 6.07) is 9.74. The molecule has 1 fully saturated rings. The number of carbonyl (C=O) groups excluding carboxylic acids is 2. The maximum Gasteiger partial charge on any atom is 0.228 e. The quantitative estimate of drug-likeness (QED) is 0.727. The fraction of sp³-hybridized carbons (Fsp3) is 0.381. The molecular weight excluding hydrogens is 356 g/mol. The molecule has 1 aromatic carbocycles. The number of aromatic amines is 1. The van der Waals surface area contributed by atoms with Crippen molar-refractivity contribution in [3.8, 4) is 0 Å². The second kappa shape index (κ2) is 7.50. The first kappa shape index (κ1) is 18.3. The Balaban J connectivity index is 1.35. The highest BCUT2D eigenvalue weighted by atomic mass is 16.5. The Kier molecular flexibility index (Phi) is 4.90. The van der Waals surface area contributed by atoms with E-state index < -0.39 is 0 Å². The number of piperidine rings is 1. The molecule has 28 heavy (non-hydrogen) atoms. The molecule has 1 aliphatic heterocycles. The van der Waals surface area contributed by atoms with Crippen LogP contribution in [0, 0.1) is 19.8 Å². The SMILES string of the molecule is Cc1cc(NC(=O)C2CCN(C(=O)Cc3c(C)[nH]c4ccccc34)CC2)no1. The van der Waals surface area contributed by atoms with Crippen LogP contribution in [0.25, 0.3) is 10.9 Å². The van der Waals surface area contributed by atoms with Crippen molar-refractivity contribution in [1.82, 2.24) is 15.0 Å². The average Bonchev–Trinajstić information content (AvgIpc) is 3.24. The number of benzene rings is 1. The van der Waals surface area contributed by atoms with Gasteiger partial charge in [-0.15, -0.1) is 0 Å². The van der Waals surface area contributed by atoms with Gasteiger partial charge in [-0.25, -0.2) is 0 Å². The van der Waals surface area contributed by atoms with Crippen LogP contribution in [-0.4, -0.2) is 39.9 Å². The summed E-state index contributed by atoms with van der Waals surface area (Å²) in [6.45, 7) is 4.97. The summed E-state index contributed by atoms with van der Waals surface area (Å²) in [5.41, 5.74) is 3.15. The van der Waals surface area contributed by atoms with Crippen LogP contribution in [0.5, 0.6) is 0 Å². The van der Waals surface area contributed by atoms with Crippen LogP contribution >= 0.6 is 0 Å². The lowest BCUT2D eigenvalue weighted by Crippen LogP contribution is -2.42. The third kappa shape index (κ3) is 3.65. The number of carbonyl (C=O) groups is 2. The highest BCUT2D eigenvalue weighted by Gasteiger charge is 2.28. The van der Waals surface area contributed by atoms with Crippen LogP contribution < -0.4 is 5.32 Å². The van der Waals surface area contributed by atoms with Gasteiger partial charge in [-0.3, -0.25) is 9.59 Å². The topological polar surface area (TPSA) is 91.2 Å². The number of likely N-dealkylation sites (tertiary alicyclic amines) is 1. The van der Waals surface area contributed by atoms with E-state index in [1.54, 1.807) is 13.0 Å². The fourth-order valence-electron chi connectivity index (χ4n) is 3.87. The molecule has 0 saturated carbocycles. The molecule has 146 valence electrons. The molecule has 2 amide bonds. The van der Waals surface area contributed by atoms with Crippen molar-refractivity contribution in [3.05, 3.63) is 47.3 Å². The number of aromatic nitrogens is 2. The van der Waals surface area contributed by atoms with Gasteiger partial charge in [-0.05, 0) is 38.3 Å². The van der Waals surface area contributed by atoms with Crippen LogP contribution in [0.4, 0.5) is 5.82 Å². The summed E-state index contributed by atoms with van der Waals surface area (Å²) in [6.07, 6.45) is 1.69. The second-order valence-corrected chi connectivity index (χ2v) is 7.42. The van der Waals surface area contributed by atoms with Gasteiger partial charge in [0.2, 0.25) is 11.8 Å². The predicted molar refractivity (Wildman–Crippen MR) is 106 cm³/mol. The molecule has 7 nitrogen and oxygen atoms in total. The molecule has 1 saturated heterocycles. The van der Waals surface area contributed by atoms with E-state index in [9.17, 15) is 9.59 Å². The van der Waals surface area contributed by atoms with E-state index in [1.807, 2.05) is 36.1 Å². The van der Waals surface area contributed by atoms with Crippen molar-refractivity contribution in [2.75, 3.05) is 18.4 Å². The van der Waals surface area contributed by atoms with E-state index in [1.165, 1.54) is 0 Å². The van der Waals surface area contributed by atoms with Crippen molar-refractivity contribution in [2.24, 2.45) is 5.92 Å². The Labute approximate surface area is 163 Å². The number of amides is 2. The fourth-order valence-corrected chi connectivity index (χ4v) is 3.87. The van der Waals surface area contributed by atoms with E-state index in [-0.39, 0.29) is 17.7 Å². The molecule has 4 rings (SSSR count). The molecule has 2 aromatic heterocycles. The smallest absolute Gasteiger partial charge is 0.228 e. The molecule has 0 spiro atoms. The zero-order valence-electron chi connectivity index (χ0n) is 16.1. The van der Waals surface area contributed by atoms with Crippen LogP contribution in [0.2, 0.25) is 0 Å². The number of fused-ring (bicyclic) bond motifs is 1. The summed E-state index contributed by atoms with van der Waals surface area (Å²) in [5, 5.41) is 7.69. The van der Waals surface area contributed by atoms with Crippen LogP contribution in [-0.2, 0) is 16.0 Å². The average molecular weight is 380 g/mol. The standard InChI is InChI=1S/C21H24N4O3/c1-13-11-19(24-28-13)23-21(27)15-7-9-25(10-8-15)20(26)12-17-14(2)22-18-6-4-3-5-16(17)18/h3-6,11,15,22H,7-10,12H2,1-2H3,(H,23,24,27). The third-order valence-electron chi connectivity index (χ3n) is 5.45. The molecule has 7 heteroatoms. The normalized spacial score (nSPS) is 15.1. The lowest BCUT2D eigenvalue weighted by molar-refractivity contribution is -0.133. The van der Waals surface area contributed by atoms with Crippen LogP contribution in [0.1, 0.15) is 29.9 Å². The first-order chi connectivity index (χ1) is 13.5. The third-order valence-corrected chi connectivity index (χ3v) is 5.45. The molecule has 2 N–H and O–H groups in total. The number of rotatable bonds is 4. The minimum absolute atomic E-state index is 0.0622. The van der Waals surface area contributed by atoms with Gasteiger partial charge in [0.05, 0.1) is 6.42 Å². The lowest BCUT2D eigenvalue weighted by atomic mass is 9.95. The summed E-state index contributed by atoms with van der Waals surface area (Å²) in [5.74, 6) is 1.03. The number of para-hydroxylation sites is 1. The van der Waals surface area contributed by atoms with Crippen molar-refractivity contribution in [2.45, 2.75) is 33.1 Å². The summed E-state index contributed by atoms with van der Waals surface area (Å²) in [7, 11) is 0. The molecular formula is C21H24N4O3. The summed E-state index contributed by atoms with van der Waals surface area (Å²) in [4.78, 5) is 30.4. The van der Waals surface area contributed by atoms with Crippen LogP contribution in [0.15, 0.2) is 34.9 Å². The largest absolute Gasteiger partial charge is 0.360 e. The van der Waals surface area contributed by atoms with Gasteiger partial charge < -0.3 is 19.7 Å². The maximum absolute atomic E-state index is 12.8. The summed E-state index contributed by atoms with van der Waals surface area (Å²) < 4.78 is 4.97. The number of hydrogen-bond donors (Lipinski definition) is 2. The lowest BCUT2D eigenvalue weighted by Gasteiger charge is -2.31. The van der Waals surface area contributed by atoms with Gasteiger partial charge in [0.1, 0.15) is 5.76 Å². The van der Waals surface area contributed by atoms with Crippen molar-refractivity contribution in [3.63, 3.8) is 0 Å². The van der Waals surface area contributed by atoms with E-state index in [2.05, 4.69) is 15.5 Å². The van der Waals surface area contributed by atoms with E-state index in [4.69, 9.17) is 4.52 Å². The zero-order chi connectivity index (χ0) is 19.7. The van der Waals surface area contributed by atoms with E-state index in [0.29, 0.717) is 43.9 Å². The molecule has 0 unspecified atom stereocenters. The first-order valence-electron chi connectivity index (χ1n) is 9.59. The Bertz CT molecular complexity index is 1010. The van der Waals surface area contributed by atoms with Crippen molar-refractivity contribution >= 4 is 28.5 Å². The molecule has 0 aliphatic carbocycles. The number of nitrogens with one attached hydrogen (secondary N) is 2. The highest BCUT2D eigenvalue weighted by Crippen LogP contribution is 2.24. The molecule has 1 aliphatic rings. The highest BCUT2D eigenvalue weighted by molar-refractivity contribution is 5.92. The van der Waals surface area contributed by atoms with Gasteiger partial charge >= 0.3 is 0 Å². The Hall–Kier alpha value is -3.09. The zero-order valence-corrected chi connectivity index (χ0v) is 16.1. The Morgan fingerprint density at radius 2 is 2.00 bits per heavy atom. The van der Waals surface area contributed by atoms with Crippen molar-refractivity contribution < 1.29 is 14.1 Å². The molecule has 3 heterocycles. The minimum Gasteiger partial charge on any atom is -0.360 e. The Morgan fingerprint density at radius 3 is 2.71 bits per heavy atom. The maximum atomic E-state index is 12.8. The molecule has 3 aromatic rings. The number of hydrogen-bond acceptors (Lipinski definition) is 4. The Morgan fingerprint density at radius 1 is 1.25 bits per heavy atom. The first-order valence-corrected chi connectivity index (χ1v) is 9.59.